The van der Waals surface area contributed by atoms with Crippen LogP contribution in [0.4, 0.5) is 4.79 Å². The maximum absolute atomic E-state index is 12.2. The number of hydrogen-bond donors (Lipinski definition) is 1. The lowest BCUT2D eigenvalue weighted by atomic mass is 10.2. The van der Waals surface area contributed by atoms with Gasteiger partial charge in [0.05, 0.1) is 5.03 Å². The normalized spacial score (nSPS) is 15.6. The van der Waals surface area contributed by atoms with Gasteiger partial charge in [0.1, 0.15) is 11.3 Å². The minimum Gasteiger partial charge on any atom is -0.303 e. The van der Waals surface area contributed by atoms with Crippen molar-refractivity contribution in [2.75, 3.05) is 12.3 Å². The highest BCUT2D eigenvalue weighted by atomic mass is 35.5. The fourth-order valence-electron chi connectivity index (χ4n) is 2.69. The molecule has 6 nitrogen and oxygen atoms in total. The van der Waals surface area contributed by atoms with Crippen LogP contribution in [0.3, 0.4) is 0 Å². The lowest BCUT2D eigenvalue weighted by molar-refractivity contribution is -0.123. The monoisotopic (exact) mass is 394 g/mol. The number of allylic oxidation sites excluding steroid dienone is 1. The molecule has 0 spiro atoms. The molecule has 3 heterocycles. The summed E-state index contributed by atoms with van der Waals surface area (Å²) in [5.74, 6) is 0.730. The Bertz CT molecular complexity index is 805. The molecule has 0 aliphatic carbocycles. The van der Waals surface area contributed by atoms with Gasteiger partial charge < -0.3 is 5.32 Å². The van der Waals surface area contributed by atoms with Crippen molar-refractivity contribution in [2.24, 2.45) is 0 Å². The van der Waals surface area contributed by atoms with Crippen molar-refractivity contribution in [3.8, 4) is 0 Å². The summed E-state index contributed by atoms with van der Waals surface area (Å²) in [6, 6.07) is 5.75. The van der Waals surface area contributed by atoms with Gasteiger partial charge in [-0.1, -0.05) is 25.5 Å². The van der Waals surface area contributed by atoms with E-state index in [9.17, 15) is 9.59 Å². The Labute approximate surface area is 163 Å². The number of rotatable bonds is 8. The first-order valence-corrected chi connectivity index (χ1v) is 9.57. The van der Waals surface area contributed by atoms with Crippen molar-refractivity contribution in [3.05, 3.63) is 42.4 Å². The molecule has 1 aliphatic rings. The zero-order valence-corrected chi connectivity index (χ0v) is 16.3. The predicted octanol–water partition coefficient (Wildman–Crippen LogP) is 3.86. The Hall–Kier alpha value is -1.99. The molecular weight excluding hydrogens is 372 g/mol. The summed E-state index contributed by atoms with van der Waals surface area (Å²) < 4.78 is 2.06. The third-order valence-electron chi connectivity index (χ3n) is 4.02. The summed E-state index contributed by atoms with van der Waals surface area (Å²) in [7, 11) is 0. The van der Waals surface area contributed by atoms with Crippen molar-refractivity contribution >= 4 is 41.8 Å². The molecular formula is C18H23ClN4O2S. The number of urea groups is 1. The van der Waals surface area contributed by atoms with Crippen LogP contribution in [0.2, 0.25) is 0 Å². The van der Waals surface area contributed by atoms with Crippen molar-refractivity contribution in [1.29, 1.82) is 0 Å². The number of fused-ring (bicyclic) bond motifs is 1. The molecule has 0 radical (unpaired) electrons. The van der Waals surface area contributed by atoms with E-state index in [1.54, 1.807) is 18.0 Å². The lowest BCUT2D eigenvalue weighted by Gasteiger charge is -2.11. The Morgan fingerprint density at radius 2 is 2.12 bits per heavy atom. The van der Waals surface area contributed by atoms with Gasteiger partial charge in [-0.25, -0.2) is 9.78 Å². The van der Waals surface area contributed by atoms with E-state index in [0.717, 1.165) is 42.1 Å². The molecule has 1 N–H and O–H groups in total. The van der Waals surface area contributed by atoms with Gasteiger partial charge in [-0.15, -0.1) is 24.2 Å². The number of halogens is 1. The van der Waals surface area contributed by atoms with Gasteiger partial charge in [-0.05, 0) is 37.1 Å². The quantitative estimate of drug-likeness (QED) is 0.319. The molecule has 26 heavy (non-hydrogen) atoms. The van der Waals surface area contributed by atoms with E-state index >= 15 is 0 Å². The first-order valence-electron chi connectivity index (χ1n) is 8.58. The van der Waals surface area contributed by atoms with Gasteiger partial charge in [-0.3, -0.25) is 14.1 Å². The molecule has 1 fully saturated rings. The smallest absolute Gasteiger partial charge is 0.303 e. The molecule has 3 rings (SSSR count). The van der Waals surface area contributed by atoms with Gasteiger partial charge in [-0.2, -0.15) is 0 Å². The number of imidazole rings is 1. The van der Waals surface area contributed by atoms with E-state index in [2.05, 4.69) is 20.8 Å². The molecule has 2 aromatic heterocycles. The third kappa shape index (κ3) is 4.59. The Balaban J connectivity index is 0.00000243. The molecule has 1 saturated heterocycles. The standard InChI is InChI=1S/C18H22N4O2S.ClH/c1-2-3-7-14-17(23)22(18(24)20-14)11-4-5-13-25-16-9-6-8-15-19-10-12-21(15)16;/h6-10,12H,2-5,11,13H2,1H3,(H,20,24);1H. The molecule has 2 aromatic rings. The molecule has 0 unspecified atom stereocenters. The SMILES string of the molecule is CCCC=C1NC(=O)N(CCCCSc2cccc3nccn23)C1=O.Cl. The summed E-state index contributed by atoms with van der Waals surface area (Å²) in [4.78, 5) is 29.7. The van der Waals surface area contributed by atoms with Gasteiger partial charge in [0.15, 0.2) is 0 Å². The highest BCUT2D eigenvalue weighted by Crippen LogP contribution is 2.21. The van der Waals surface area contributed by atoms with E-state index in [4.69, 9.17) is 0 Å². The predicted molar refractivity (Wildman–Crippen MR) is 106 cm³/mol. The molecule has 3 amide bonds. The summed E-state index contributed by atoms with van der Waals surface area (Å²) in [6.45, 7) is 2.50. The minimum atomic E-state index is -0.303. The summed E-state index contributed by atoms with van der Waals surface area (Å²) >= 11 is 1.76. The maximum Gasteiger partial charge on any atom is 0.328 e. The van der Waals surface area contributed by atoms with Crippen LogP contribution in [-0.2, 0) is 4.79 Å². The van der Waals surface area contributed by atoms with Gasteiger partial charge >= 0.3 is 6.03 Å². The molecule has 140 valence electrons. The Morgan fingerprint density at radius 1 is 1.27 bits per heavy atom. The van der Waals surface area contributed by atoms with E-state index in [1.807, 2.05) is 31.3 Å². The maximum atomic E-state index is 12.2. The van der Waals surface area contributed by atoms with Gasteiger partial charge in [0.2, 0.25) is 0 Å². The Morgan fingerprint density at radius 3 is 2.92 bits per heavy atom. The first kappa shape index (κ1) is 20.3. The fourth-order valence-corrected chi connectivity index (χ4v) is 3.72. The van der Waals surface area contributed by atoms with Crippen LogP contribution < -0.4 is 5.32 Å². The topological polar surface area (TPSA) is 66.7 Å². The van der Waals surface area contributed by atoms with Crippen LogP contribution in [0.1, 0.15) is 32.6 Å². The van der Waals surface area contributed by atoms with E-state index < -0.39 is 0 Å². The summed E-state index contributed by atoms with van der Waals surface area (Å²) in [5, 5.41) is 3.80. The van der Waals surface area contributed by atoms with E-state index in [1.165, 1.54) is 4.90 Å². The van der Waals surface area contributed by atoms with Crippen LogP contribution in [0.5, 0.6) is 0 Å². The highest BCUT2D eigenvalue weighted by molar-refractivity contribution is 7.99. The third-order valence-corrected chi connectivity index (χ3v) is 5.14. The number of pyridine rings is 1. The van der Waals surface area contributed by atoms with Crippen molar-refractivity contribution in [3.63, 3.8) is 0 Å². The van der Waals surface area contributed by atoms with Crippen LogP contribution in [0.15, 0.2) is 47.4 Å². The van der Waals surface area contributed by atoms with E-state index in [-0.39, 0.29) is 24.3 Å². The molecule has 0 bridgehead atoms. The van der Waals surface area contributed by atoms with Gasteiger partial charge in [0, 0.05) is 18.9 Å². The zero-order chi connectivity index (χ0) is 17.6. The number of carbonyl (C=O) groups excluding carboxylic acids is 2. The summed E-state index contributed by atoms with van der Waals surface area (Å²) in [5.41, 5.74) is 1.36. The molecule has 0 aromatic carbocycles. The summed E-state index contributed by atoms with van der Waals surface area (Å²) in [6.07, 6.45) is 9.03. The van der Waals surface area contributed by atoms with Crippen molar-refractivity contribution in [1.82, 2.24) is 19.6 Å². The number of hydrogen-bond acceptors (Lipinski definition) is 4. The number of nitrogens with one attached hydrogen (secondary N) is 1. The number of thioether (sulfide) groups is 1. The molecule has 0 atom stereocenters. The van der Waals surface area contributed by atoms with Crippen LogP contribution in [0, 0.1) is 0 Å². The van der Waals surface area contributed by atoms with Crippen LogP contribution >= 0.6 is 24.2 Å². The average molecular weight is 395 g/mol. The second kappa shape index (κ2) is 9.64. The number of imide groups is 1. The van der Waals surface area contributed by atoms with Crippen LogP contribution in [0.25, 0.3) is 5.65 Å². The van der Waals surface area contributed by atoms with Crippen molar-refractivity contribution in [2.45, 2.75) is 37.6 Å². The number of amides is 3. The zero-order valence-electron chi connectivity index (χ0n) is 14.7. The number of unbranched alkanes of at least 4 members (excludes halogenated alkanes) is 2. The molecule has 8 heteroatoms. The number of carbonyl (C=O) groups is 2. The average Bonchev–Trinajstić information content (AvgIpc) is 3.19. The molecule has 1 aliphatic heterocycles. The second-order valence-electron chi connectivity index (χ2n) is 5.87. The number of aromatic nitrogens is 2. The second-order valence-corrected chi connectivity index (χ2v) is 6.98. The Kier molecular flexibility index (Phi) is 7.53. The van der Waals surface area contributed by atoms with E-state index in [0.29, 0.717) is 12.2 Å². The largest absolute Gasteiger partial charge is 0.328 e. The minimum absolute atomic E-state index is 0. The first-order chi connectivity index (χ1) is 12.2. The van der Waals surface area contributed by atoms with Gasteiger partial charge in [0.25, 0.3) is 5.91 Å². The lowest BCUT2D eigenvalue weighted by Crippen LogP contribution is -2.31. The fraction of sp³-hybridized carbons (Fsp3) is 0.389. The van der Waals surface area contributed by atoms with Crippen LogP contribution in [-0.4, -0.2) is 38.5 Å². The van der Waals surface area contributed by atoms with Crippen molar-refractivity contribution < 1.29 is 9.59 Å². The molecule has 0 saturated carbocycles. The highest BCUT2D eigenvalue weighted by Gasteiger charge is 2.32. The number of nitrogens with zero attached hydrogens (tertiary/aromatic N) is 3.